The number of alkyl halides is 3. The quantitative estimate of drug-likeness (QED) is 0.455. The van der Waals surface area contributed by atoms with Crippen molar-refractivity contribution in [3.8, 4) is 5.88 Å². The number of fused-ring (bicyclic) bond motifs is 2. The predicted molar refractivity (Wildman–Crippen MR) is 149 cm³/mol. The van der Waals surface area contributed by atoms with Crippen molar-refractivity contribution < 1.29 is 27.5 Å². The Bertz CT molecular complexity index is 1300. The van der Waals surface area contributed by atoms with Crippen LogP contribution in [-0.2, 0) is 19.4 Å². The van der Waals surface area contributed by atoms with Crippen LogP contribution >= 0.6 is 0 Å². The number of nitrogens with zero attached hydrogens (tertiary/aromatic N) is 3. The summed E-state index contributed by atoms with van der Waals surface area (Å²) in [6.07, 6.45) is 3.61. The second kappa shape index (κ2) is 11.8. The summed E-state index contributed by atoms with van der Waals surface area (Å²) in [5.74, 6) is 0.344. The van der Waals surface area contributed by atoms with Gasteiger partial charge in [-0.2, -0.15) is 13.2 Å². The van der Waals surface area contributed by atoms with E-state index >= 15 is 0 Å². The van der Waals surface area contributed by atoms with Gasteiger partial charge in [-0.1, -0.05) is 18.2 Å². The minimum absolute atomic E-state index is 0.0204. The van der Waals surface area contributed by atoms with Crippen LogP contribution in [0.25, 0.3) is 0 Å². The average molecular weight is 571 g/mol. The van der Waals surface area contributed by atoms with Crippen molar-refractivity contribution in [3.63, 3.8) is 0 Å². The van der Waals surface area contributed by atoms with Gasteiger partial charge in [0.1, 0.15) is 0 Å². The number of aromatic nitrogens is 1. The minimum Gasteiger partial charge on any atom is -0.468 e. The monoisotopic (exact) mass is 570 g/mol. The smallest absolute Gasteiger partial charge is 0.422 e. The molecule has 5 rings (SSSR count). The van der Waals surface area contributed by atoms with E-state index in [1.165, 1.54) is 6.07 Å². The van der Waals surface area contributed by atoms with E-state index in [-0.39, 0.29) is 17.7 Å². The third-order valence-electron chi connectivity index (χ3n) is 8.79. The fraction of sp³-hybridized carbons (Fsp3) is 0.516. The van der Waals surface area contributed by atoms with Gasteiger partial charge in [-0.05, 0) is 74.2 Å². The van der Waals surface area contributed by atoms with Gasteiger partial charge in [0.2, 0.25) is 5.88 Å². The van der Waals surface area contributed by atoms with Gasteiger partial charge in [0.25, 0.3) is 11.8 Å². The van der Waals surface area contributed by atoms with Crippen LogP contribution in [-0.4, -0.2) is 71.6 Å². The number of ether oxygens (including phenoxy) is 1. The van der Waals surface area contributed by atoms with Gasteiger partial charge < -0.3 is 19.9 Å². The highest BCUT2D eigenvalue weighted by molar-refractivity contribution is 6.04. The SMILES string of the molecule is C=CC1(NC(=O)c2cccc3c2CN(C)C3=O)CCC(CCN2CCc3ccc(OCC(F)(F)F)nc3CC2)CC1. The van der Waals surface area contributed by atoms with Crippen LogP contribution in [0.3, 0.4) is 0 Å². The van der Waals surface area contributed by atoms with Gasteiger partial charge in [-0.25, -0.2) is 4.98 Å². The van der Waals surface area contributed by atoms with Crippen molar-refractivity contribution in [2.24, 2.45) is 5.92 Å². The van der Waals surface area contributed by atoms with Gasteiger partial charge in [-0.15, -0.1) is 6.58 Å². The number of nitrogens with one attached hydrogen (secondary N) is 1. The molecule has 3 heterocycles. The van der Waals surface area contributed by atoms with Crippen LogP contribution in [0.15, 0.2) is 43.0 Å². The molecule has 0 saturated heterocycles. The first-order chi connectivity index (χ1) is 19.6. The summed E-state index contributed by atoms with van der Waals surface area (Å²) in [6, 6.07) is 8.68. The molecular formula is C31H37F3N4O3. The number of benzene rings is 1. The highest BCUT2D eigenvalue weighted by Crippen LogP contribution is 2.36. The Balaban J connectivity index is 1.11. The number of hydrogen-bond acceptors (Lipinski definition) is 5. The molecule has 220 valence electrons. The third-order valence-corrected chi connectivity index (χ3v) is 8.79. The van der Waals surface area contributed by atoms with Crippen molar-refractivity contribution in [3.05, 3.63) is 70.9 Å². The van der Waals surface area contributed by atoms with Crippen LogP contribution in [0.5, 0.6) is 5.88 Å². The zero-order valence-corrected chi connectivity index (χ0v) is 23.4. The van der Waals surface area contributed by atoms with Crippen LogP contribution in [0, 0.1) is 5.92 Å². The first-order valence-electron chi connectivity index (χ1n) is 14.3. The molecule has 2 aliphatic heterocycles. The Hall–Kier alpha value is -3.40. The predicted octanol–water partition coefficient (Wildman–Crippen LogP) is 4.94. The molecule has 7 nitrogen and oxygen atoms in total. The highest BCUT2D eigenvalue weighted by Gasteiger charge is 2.36. The molecule has 41 heavy (non-hydrogen) atoms. The number of pyridine rings is 1. The fourth-order valence-corrected chi connectivity index (χ4v) is 6.27. The molecule has 0 bridgehead atoms. The first-order valence-corrected chi connectivity index (χ1v) is 14.3. The summed E-state index contributed by atoms with van der Waals surface area (Å²) in [5, 5.41) is 3.25. The lowest BCUT2D eigenvalue weighted by Crippen LogP contribution is -2.49. The molecule has 3 aliphatic rings. The second-order valence-corrected chi connectivity index (χ2v) is 11.5. The molecule has 2 amide bonds. The summed E-state index contributed by atoms with van der Waals surface area (Å²) >= 11 is 0. The van der Waals surface area contributed by atoms with E-state index in [9.17, 15) is 22.8 Å². The van der Waals surface area contributed by atoms with Gasteiger partial charge >= 0.3 is 6.18 Å². The van der Waals surface area contributed by atoms with E-state index in [1.54, 1.807) is 30.1 Å². The van der Waals surface area contributed by atoms with Crippen molar-refractivity contribution in [2.45, 2.75) is 63.2 Å². The van der Waals surface area contributed by atoms with Crippen molar-refractivity contribution in [1.82, 2.24) is 20.1 Å². The Morgan fingerprint density at radius 2 is 1.95 bits per heavy atom. The maximum atomic E-state index is 13.3. The van der Waals surface area contributed by atoms with E-state index < -0.39 is 18.3 Å². The zero-order chi connectivity index (χ0) is 29.2. The van der Waals surface area contributed by atoms with E-state index in [0.717, 1.165) is 75.0 Å². The summed E-state index contributed by atoms with van der Waals surface area (Å²) in [4.78, 5) is 34.1. The first kappa shape index (κ1) is 29.1. The summed E-state index contributed by atoms with van der Waals surface area (Å²) in [6.45, 7) is 5.78. The minimum atomic E-state index is -4.39. The van der Waals surface area contributed by atoms with Crippen LogP contribution in [0.1, 0.15) is 69.6 Å². The Kier molecular flexibility index (Phi) is 8.40. The summed E-state index contributed by atoms with van der Waals surface area (Å²) in [5.41, 5.74) is 3.35. The Labute approximate surface area is 238 Å². The number of amides is 2. The molecule has 1 N–H and O–H groups in total. The lowest BCUT2D eigenvalue weighted by Gasteiger charge is -2.39. The van der Waals surface area contributed by atoms with E-state index in [1.807, 2.05) is 12.1 Å². The number of halogens is 3. The zero-order valence-electron chi connectivity index (χ0n) is 23.4. The number of carbonyl (C=O) groups excluding carboxylic acids is 2. The molecule has 0 unspecified atom stereocenters. The van der Waals surface area contributed by atoms with E-state index in [0.29, 0.717) is 30.0 Å². The molecule has 1 aromatic carbocycles. The van der Waals surface area contributed by atoms with Gasteiger partial charge in [0.05, 0.1) is 5.54 Å². The highest BCUT2D eigenvalue weighted by atomic mass is 19.4. The molecule has 0 spiro atoms. The number of carbonyl (C=O) groups is 2. The van der Waals surface area contributed by atoms with E-state index in [4.69, 9.17) is 4.74 Å². The molecule has 2 aromatic rings. The topological polar surface area (TPSA) is 74.8 Å². The number of hydrogen-bond donors (Lipinski definition) is 1. The largest absolute Gasteiger partial charge is 0.468 e. The Morgan fingerprint density at radius 3 is 2.68 bits per heavy atom. The molecule has 1 aromatic heterocycles. The molecule has 0 atom stereocenters. The lowest BCUT2D eigenvalue weighted by molar-refractivity contribution is -0.154. The molecular weight excluding hydrogens is 533 g/mol. The molecule has 0 radical (unpaired) electrons. The van der Waals surface area contributed by atoms with Gasteiger partial charge in [0, 0.05) is 56.0 Å². The van der Waals surface area contributed by atoms with Crippen LogP contribution in [0.2, 0.25) is 0 Å². The summed E-state index contributed by atoms with van der Waals surface area (Å²) < 4.78 is 42.3. The lowest BCUT2D eigenvalue weighted by atomic mass is 9.75. The summed E-state index contributed by atoms with van der Waals surface area (Å²) in [7, 11) is 1.74. The van der Waals surface area contributed by atoms with Gasteiger partial charge in [0.15, 0.2) is 6.61 Å². The molecule has 1 fully saturated rings. The van der Waals surface area contributed by atoms with E-state index in [2.05, 4.69) is 21.8 Å². The van der Waals surface area contributed by atoms with Crippen molar-refractivity contribution >= 4 is 11.8 Å². The van der Waals surface area contributed by atoms with Crippen LogP contribution < -0.4 is 10.1 Å². The normalized spacial score (nSPS) is 23.0. The van der Waals surface area contributed by atoms with Gasteiger partial charge in [-0.3, -0.25) is 9.59 Å². The average Bonchev–Trinajstić information content (AvgIpc) is 3.11. The van der Waals surface area contributed by atoms with Crippen molar-refractivity contribution in [2.75, 3.05) is 33.3 Å². The molecule has 10 heteroatoms. The Morgan fingerprint density at radius 1 is 1.20 bits per heavy atom. The van der Waals surface area contributed by atoms with Crippen molar-refractivity contribution in [1.29, 1.82) is 0 Å². The third kappa shape index (κ3) is 6.74. The van der Waals surface area contributed by atoms with Crippen LogP contribution in [0.4, 0.5) is 13.2 Å². The molecule has 1 aliphatic carbocycles. The maximum Gasteiger partial charge on any atom is 0.422 e. The standard InChI is InChI=1S/C31H37F3N4O3/c1-3-30(36-28(39)23-5-4-6-24-25(23)19-37(2)29(24)40)14-9-21(10-15-30)11-16-38-17-12-22-7-8-27(35-26(22)13-18-38)41-20-31(32,33)34/h3-8,21H,1,9-20H2,2H3,(H,36,39). The number of rotatable bonds is 8. The molecule has 1 saturated carbocycles. The maximum absolute atomic E-state index is 13.3. The fourth-order valence-electron chi connectivity index (χ4n) is 6.27. The second-order valence-electron chi connectivity index (χ2n) is 11.5.